The first-order chi connectivity index (χ1) is 7.60. The van der Waals surface area contributed by atoms with Crippen LogP contribution in [0.5, 0.6) is 5.75 Å². The minimum absolute atomic E-state index is 0.249. The highest BCUT2D eigenvalue weighted by Gasteiger charge is 2.34. The van der Waals surface area contributed by atoms with E-state index in [1.807, 2.05) is 30.8 Å². The van der Waals surface area contributed by atoms with E-state index in [1.165, 1.54) is 0 Å². The largest absolute Gasteiger partial charge is 0.508 e. The molecule has 16 heavy (non-hydrogen) atoms. The molecule has 1 atom stereocenters. The molecule has 88 valence electrons. The summed E-state index contributed by atoms with van der Waals surface area (Å²) in [5.74, 6) is 2.86. The Morgan fingerprint density at radius 3 is 2.31 bits per heavy atom. The van der Waals surface area contributed by atoms with Crippen molar-refractivity contribution in [2.75, 3.05) is 11.5 Å². The van der Waals surface area contributed by atoms with Gasteiger partial charge in [0.2, 0.25) is 0 Å². The molecule has 2 N–H and O–H groups in total. The van der Waals surface area contributed by atoms with Gasteiger partial charge in [-0.05, 0) is 54.9 Å². The number of thioether (sulfide) groups is 1. The summed E-state index contributed by atoms with van der Waals surface area (Å²) in [6, 6.07) is 6.91. The molecule has 1 fully saturated rings. The molecule has 0 aromatic heterocycles. The molecule has 0 radical (unpaired) electrons. The second-order valence-corrected chi connectivity index (χ2v) is 5.81. The number of aromatic hydroxyl groups is 1. The Morgan fingerprint density at radius 1 is 1.19 bits per heavy atom. The molecule has 2 rings (SSSR count). The summed E-state index contributed by atoms with van der Waals surface area (Å²) in [6.45, 7) is 1.89. The van der Waals surface area contributed by atoms with Gasteiger partial charge in [0.15, 0.2) is 0 Å². The van der Waals surface area contributed by atoms with Crippen molar-refractivity contribution in [1.82, 2.24) is 0 Å². The lowest BCUT2D eigenvalue weighted by atomic mass is 9.79. The fraction of sp³-hybridized carbons (Fsp3) is 0.538. The van der Waals surface area contributed by atoms with E-state index in [0.29, 0.717) is 5.92 Å². The predicted octanol–water partition coefficient (Wildman–Crippen LogP) is 2.74. The van der Waals surface area contributed by atoms with Crippen LogP contribution >= 0.6 is 11.8 Å². The molecular formula is C13H18O2S. The molecule has 0 saturated carbocycles. The van der Waals surface area contributed by atoms with Gasteiger partial charge in [0.1, 0.15) is 5.75 Å². The molecule has 1 heterocycles. The van der Waals surface area contributed by atoms with Crippen LogP contribution in [0.25, 0.3) is 0 Å². The Morgan fingerprint density at radius 2 is 1.75 bits per heavy atom. The quantitative estimate of drug-likeness (QED) is 0.832. The van der Waals surface area contributed by atoms with E-state index in [0.717, 1.165) is 29.9 Å². The molecule has 1 aromatic carbocycles. The number of hydrogen-bond donors (Lipinski definition) is 2. The number of hydrogen-bond acceptors (Lipinski definition) is 3. The molecule has 0 aliphatic carbocycles. The Bertz CT molecular complexity index is 339. The van der Waals surface area contributed by atoms with E-state index in [2.05, 4.69) is 0 Å². The SMILES string of the molecule is CC(O)(c1ccc(O)cc1)C1CCSCC1. The molecule has 0 amide bonds. The third-order valence-electron chi connectivity index (χ3n) is 3.47. The highest BCUT2D eigenvalue weighted by atomic mass is 32.2. The summed E-state index contributed by atoms with van der Waals surface area (Å²) < 4.78 is 0. The van der Waals surface area contributed by atoms with Crippen LogP contribution in [0.1, 0.15) is 25.3 Å². The lowest BCUT2D eigenvalue weighted by Gasteiger charge is -2.35. The van der Waals surface area contributed by atoms with E-state index < -0.39 is 5.60 Å². The van der Waals surface area contributed by atoms with Crippen LogP contribution in [0, 0.1) is 5.92 Å². The Balaban J connectivity index is 2.19. The average molecular weight is 238 g/mol. The molecule has 1 aromatic rings. The fourth-order valence-corrected chi connectivity index (χ4v) is 3.40. The van der Waals surface area contributed by atoms with Gasteiger partial charge < -0.3 is 10.2 Å². The van der Waals surface area contributed by atoms with Gasteiger partial charge in [0, 0.05) is 0 Å². The van der Waals surface area contributed by atoms with Crippen molar-refractivity contribution in [3.8, 4) is 5.75 Å². The predicted molar refractivity (Wildman–Crippen MR) is 67.7 cm³/mol. The van der Waals surface area contributed by atoms with Crippen molar-refractivity contribution < 1.29 is 10.2 Å². The molecule has 2 nitrogen and oxygen atoms in total. The summed E-state index contributed by atoms with van der Waals surface area (Å²) in [5, 5.41) is 19.9. The van der Waals surface area contributed by atoms with Gasteiger partial charge in [-0.2, -0.15) is 11.8 Å². The van der Waals surface area contributed by atoms with Gasteiger partial charge in [-0.25, -0.2) is 0 Å². The number of benzene rings is 1. The zero-order valence-electron chi connectivity index (χ0n) is 9.52. The number of phenols is 1. The van der Waals surface area contributed by atoms with Gasteiger partial charge in [-0.1, -0.05) is 12.1 Å². The van der Waals surface area contributed by atoms with Crippen LogP contribution in [0.15, 0.2) is 24.3 Å². The van der Waals surface area contributed by atoms with Crippen LogP contribution in [0.3, 0.4) is 0 Å². The molecule has 1 unspecified atom stereocenters. The molecular weight excluding hydrogens is 220 g/mol. The first-order valence-corrected chi connectivity index (χ1v) is 6.86. The number of rotatable bonds is 2. The lowest BCUT2D eigenvalue weighted by molar-refractivity contribution is -0.00965. The minimum atomic E-state index is -0.769. The third kappa shape index (κ3) is 2.36. The van der Waals surface area contributed by atoms with E-state index in [-0.39, 0.29) is 5.75 Å². The van der Waals surface area contributed by atoms with E-state index >= 15 is 0 Å². The monoisotopic (exact) mass is 238 g/mol. The highest BCUT2D eigenvalue weighted by Crippen LogP contribution is 2.38. The van der Waals surface area contributed by atoms with Crippen LogP contribution in [-0.4, -0.2) is 21.7 Å². The molecule has 1 aliphatic rings. The van der Waals surface area contributed by atoms with Gasteiger partial charge in [-0.15, -0.1) is 0 Å². The third-order valence-corrected chi connectivity index (χ3v) is 4.52. The zero-order valence-corrected chi connectivity index (χ0v) is 10.3. The number of aliphatic hydroxyl groups is 1. The van der Waals surface area contributed by atoms with Crippen molar-refractivity contribution in [3.05, 3.63) is 29.8 Å². The molecule has 1 saturated heterocycles. The second kappa shape index (κ2) is 4.68. The Labute approximate surface area is 101 Å². The average Bonchev–Trinajstić information content (AvgIpc) is 2.31. The van der Waals surface area contributed by atoms with Crippen molar-refractivity contribution in [3.63, 3.8) is 0 Å². The highest BCUT2D eigenvalue weighted by molar-refractivity contribution is 7.99. The van der Waals surface area contributed by atoms with Crippen molar-refractivity contribution in [2.24, 2.45) is 5.92 Å². The zero-order chi connectivity index (χ0) is 11.6. The fourth-order valence-electron chi connectivity index (χ4n) is 2.29. The van der Waals surface area contributed by atoms with Gasteiger partial charge in [-0.3, -0.25) is 0 Å². The molecule has 1 aliphatic heterocycles. The van der Waals surface area contributed by atoms with Crippen molar-refractivity contribution in [1.29, 1.82) is 0 Å². The molecule has 0 spiro atoms. The van der Waals surface area contributed by atoms with Gasteiger partial charge >= 0.3 is 0 Å². The van der Waals surface area contributed by atoms with E-state index in [9.17, 15) is 10.2 Å². The van der Waals surface area contributed by atoms with Crippen LogP contribution in [0.2, 0.25) is 0 Å². The van der Waals surface area contributed by atoms with Gasteiger partial charge in [0.25, 0.3) is 0 Å². The first-order valence-electron chi connectivity index (χ1n) is 5.70. The van der Waals surface area contributed by atoms with Crippen LogP contribution in [0.4, 0.5) is 0 Å². The maximum Gasteiger partial charge on any atom is 0.115 e. The smallest absolute Gasteiger partial charge is 0.115 e. The summed E-state index contributed by atoms with van der Waals surface area (Å²) in [7, 11) is 0. The summed E-state index contributed by atoms with van der Waals surface area (Å²) in [6.07, 6.45) is 2.14. The summed E-state index contributed by atoms with van der Waals surface area (Å²) in [5.41, 5.74) is 0.136. The molecule has 0 bridgehead atoms. The molecule has 3 heteroatoms. The van der Waals surface area contributed by atoms with Gasteiger partial charge in [0.05, 0.1) is 5.60 Å². The first kappa shape index (κ1) is 11.8. The normalized spacial score (nSPS) is 21.6. The van der Waals surface area contributed by atoms with Crippen molar-refractivity contribution >= 4 is 11.8 Å². The topological polar surface area (TPSA) is 40.5 Å². The summed E-state index contributed by atoms with van der Waals surface area (Å²) in [4.78, 5) is 0. The Kier molecular flexibility index (Phi) is 3.45. The second-order valence-electron chi connectivity index (χ2n) is 4.58. The lowest BCUT2D eigenvalue weighted by Crippen LogP contribution is -2.34. The Hall–Kier alpha value is -0.670. The number of phenolic OH excluding ortho intramolecular Hbond substituents is 1. The van der Waals surface area contributed by atoms with Crippen LogP contribution < -0.4 is 0 Å². The van der Waals surface area contributed by atoms with E-state index in [1.54, 1.807) is 12.1 Å². The maximum atomic E-state index is 10.6. The summed E-state index contributed by atoms with van der Waals surface area (Å²) >= 11 is 1.96. The van der Waals surface area contributed by atoms with Crippen molar-refractivity contribution in [2.45, 2.75) is 25.4 Å². The maximum absolute atomic E-state index is 10.6. The van der Waals surface area contributed by atoms with E-state index in [4.69, 9.17) is 0 Å². The van der Waals surface area contributed by atoms with Crippen LogP contribution in [-0.2, 0) is 5.60 Å². The minimum Gasteiger partial charge on any atom is -0.508 e. The standard InChI is InChI=1S/C13H18O2S/c1-13(15,11-6-8-16-9-7-11)10-2-4-12(14)5-3-10/h2-5,11,14-15H,6-9H2,1H3.